The molecule has 0 saturated carbocycles. The smallest absolute Gasteiger partial charge is 0.228 e. The number of halogens is 1. The molecule has 1 aromatic heterocycles. The van der Waals surface area contributed by atoms with Gasteiger partial charge in [0.25, 0.3) is 0 Å². The Balaban J connectivity index is 1.55. The monoisotopic (exact) mass is 490 g/mol. The average Bonchev–Trinajstić information content (AvgIpc) is 2.85. The highest BCUT2D eigenvalue weighted by atomic mass is 32.2. The molecule has 4 aromatic rings. The summed E-state index contributed by atoms with van der Waals surface area (Å²) in [5.74, 6) is 0.0850. The van der Waals surface area contributed by atoms with Crippen molar-refractivity contribution in [1.29, 1.82) is 0 Å². The quantitative estimate of drug-likeness (QED) is 0.345. The number of sulfone groups is 1. The second-order valence-corrected chi connectivity index (χ2v) is 10.1. The summed E-state index contributed by atoms with van der Waals surface area (Å²) < 4.78 is 43.6. The number of rotatable bonds is 8. The first kappa shape index (κ1) is 24.1. The van der Waals surface area contributed by atoms with E-state index in [9.17, 15) is 17.6 Å². The minimum Gasteiger partial charge on any atom is -0.457 e. The van der Waals surface area contributed by atoms with Crippen LogP contribution in [-0.2, 0) is 21.1 Å². The largest absolute Gasteiger partial charge is 0.457 e. The lowest BCUT2D eigenvalue weighted by molar-refractivity contribution is -0.115. The molecule has 0 aliphatic heterocycles. The summed E-state index contributed by atoms with van der Waals surface area (Å²) in [6.07, 6.45) is 3.39. The second kappa shape index (κ2) is 10.5. The maximum absolute atomic E-state index is 13.7. The number of ether oxygens (including phenoxy) is 1. The molecule has 6 nitrogen and oxygen atoms in total. The van der Waals surface area contributed by atoms with E-state index in [2.05, 4.69) is 10.3 Å². The fourth-order valence-electron chi connectivity index (χ4n) is 3.48. The Bertz CT molecular complexity index is 1440. The molecule has 0 unspecified atom stereocenters. The van der Waals surface area contributed by atoms with E-state index >= 15 is 0 Å². The van der Waals surface area contributed by atoms with Crippen molar-refractivity contribution in [2.45, 2.75) is 18.2 Å². The number of pyridine rings is 1. The third-order valence-electron chi connectivity index (χ3n) is 5.31. The van der Waals surface area contributed by atoms with Gasteiger partial charge in [-0.25, -0.2) is 12.8 Å². The van der Waals surface area contributed by atoms with Crippen molar-refractivity contribution in [1.82, 2.24) is 4.98 Å². The van der Waals surface area contributed by atoms with Crippen molar-refractivity contribution in [2.75, 3.05) is 11.1 Å². The Hall–Kier alpha value is -4.04. The van der Waals surface area contributed by atoms with Crippen LogP contribution in [0.5, 0.6) is 11.5 Å². The van der Waals surface area contributed by atoms with Crippen LogP contribution in [0.4, 0.5) is 10.1 Å². The first-order valence-corrected chi connectivity index (χ1v) is 12.6. The maximum atomic E-state index is 13.7. The van der Waals surface area contributed by atoms with E-state index < -0.39 is 15.7 Å². The SMILES string of the molecule is CCS(=O)(=O)c1ccc(CC(=O)Nc2ccc(-c3ccncc3)c(Oc3cccc(F)c3)c2)cc1. The predicted molar refractivity (Wildman–Crippen MR) is 133 cm³/mol. The summed E-state index contributed by atoms with van der Waals surface area (Å²) in [6.45, 7) is 1.59. The zero-order valence-electron chi connectivity index (χ0n) is 18.9. The van der Waals surface area contributed by atoms with Crippen molar-refractivity contribution in [3.05, 3.63) is 103 Å². The average molecular weight is 491 g/mol. The van der Waals surface area contributed by atoms with E-state index in [1.54, 1.807) is 55.7 Å². The van der Waals surface area contributed by atoms with Crippen molar-refractivity contribution in [3.63, 3.8) is 0 Å². The molecule has 0 radical (unpaired) electrons. The van der Waals surface area contributed by atoms with Crippen LogP contribution in [0.25, 0.3) is 11.1 Å². The first-order chi connectivity index (χ1) is 16.8. The molecular formula is C27H23FN2O4S. The van der Waals surface area contributed by atoms with Gasteiger partial charge in [0.15, 0.2) is 9.84 Å². The van der Waals surface area contributed by atoms with Crippen LogP contribution in [0.2, 0.25) is 0 Å². The zero-order valence-corrected chi connectivity index (χ0v) is 19.8. The number of carbonyl (C=O) groups excluding carboxylic acids is 1. The van der Waals surface area contributed by atoms with E-state index in [1.807, 2.05) is 18.2 Å². The van der Waals surface area contributed by atoms with E-state index in [4.69, 9.17) is 4.74 Å². The highest BCUT2D eigenvalue weighted by molar-refractivity contribution is 7.91. The number of nitrogens with one attached hydrogen (secondary N) is 1. The minimum absolute atomic E-state index is 0.0162. The normalized spacial score (nSPS) is 11.1. The fourth-order valence-corrected chi connectivity index (χ4v) is 4.37. The number of hydrogen-bond donors (Lipinski definition) is 1. The number of amides is 1. The molecule has 8 heteroatoms. The minimum atomic E-state index is -3.29. The Labute approximate surface area is 203 Å². The topological polar surface area (TPSA) is 85.4 Å². The van der Waals surface area contributed by atoms with E-state index in [1.165, 1.54) is 24.3 Å². The van der Waals surface area contributed by atoms with Crippen LogP contribution in [0.15, 0.2) is 96.2 Å². The van der Waals surface area contributed by atoms with Crippen LogP contribution in [0, 0.1) is 5.82 Å². The zero-order chi connectivity index (χ0) is 24.8. The van der Waals surface area contributed by atoms with E-state index in [0.29, 0.717) is 22.7 Å². The third-order valence-corrected chi connectivity index (χ3v) is 7.06. The number of carbonyl (C=O) groups is 1. The summed E-state index contributed by atoms with van der Waals surface area (Å²) in [4.78, 5) is 16.9. The highest BCUT2D eigenvalue weighted by Crippen LogP contribution is 2.35. The van der Waals surface area contributed by atoms with Crippen molar-refractivity contribution in [3.8, 4) is 22.6 Å². The van der Waals surface area contributed by atoms with Gasteiger partial charge in [0.1, 0.15) is 17.3 Å². The predicted octanol–water partition coefficient (Wildman–Crippen LogP) is 5.65. The Morgan fingerprint density at radius 1 is 0.971 bits per heavy atom. The molecule has 0 saturated heterocycles. The number of benzene rings is 3. The molecule has 1 amide bonds. The Morgan fingerprint density at radius 3 is 2.40 bits per heavy atom. The van der Waals surface area contributed by atoms with Crippen LogP contribution in [0.3, 0.4) is 0 Å². The molecule has 178 valence electrons. The van der Waals surface area contributed by atoms with Crippen LogP contribution >= 0.6 is 0 Å². The van der Waals surface area contributed by atoms with Gasteiger partial charge in [0.2, 0.25) is 5.91 Å². The number of hydrogen-bond acceptors (Lipinski definition) is 5. The van der Waals surface area contributed by atoms with Crippen LogP contribution in [-0.4, -0.2) is 25.1 Å². The molecular weight excluding hydrogens is 467 g/mol. The van der Waals surface area contributed by atoms with Crippen molar-refractivity contribution in [2.24, 2.45) is 0 Å². The van der Waals surface area contributed by atoms with Gasteiger partial charge in [0.05, 0.1) is 17.1 Å². The number of aromatic nitrogens is 1. The molecule has 0 spiro atoms. The molecule has 35 heavy (non-hydrogen) atoms. The second-order valence-electron chi connectivity index (χ2n) is 7.78. The van der Waals surface area contributed by atoms with Gasteiger partial charge < -0.3 is 10.1 Å². The standard InChI is InChI=1S/C27H23FN2O4S/c1-2-35(32,33)24-9-6-19(7-10-24)16-27(31)30-22-8-11-25(20-12-14-29-15-13-20)26(18-22)34-23-5-3-4-21(28)17-23/h3-15,17-18H,2,16H2,1H3,(H,30,31). The van der Waals surface area contributed by atoms with E-state index in [0.717, 1.165) is 11.1 Å². The molecule has 1 N–H and O–H groups in total. The lowest BCUT2D eigenvalue weighted by Gasteiger charge is -2.14. The summed E-state index contributed by atoms with van der Waals surface area (Å²) in [5.41, 5.74) is 2.79. The van der Waals surface area contributed by atoms with Crippen molar-refractivity contribution >= 4 is 21.4 Å². The molecule has 0 atom stereocenters. The number of anilines is 1. The lowest BCUT2D eigenvalue weighted by Crippen LogP contribution is -2.14. The van der Waals surface area contributed by atoms with Gasteiger partial charge in [-0.1, -0.05) is 25.1 Å². The van der Waals surface area contributed by atoms with Gasteiger partial charge in [-0.15, -0.1) is 0 Å². The summed E-state index contributed by atoms with van der Waals surface area (Å²) in [6, 6.07) is 21.0. The summed E-state index contributed by atoms with van der Waals surface area (Å²) >= 11 is 0. The molecule has 0 aliphatic rings. The third kappa shape index (κ3) is 6.10. The number of nitrogens with zero attached hydrogens (tertiary/aromatic N) is 1. The molecule has 0 fully saturated rings. The molecule has 3 aromatic carbocycles. The molecule has 4 rings (SSSR count). The van der Waals surface area contributed by atoms with Gasteiger partial charge in [-0.3, -0.25) is 9.78 Å². The van der Waals surface area contributed by atoms with E-state index in [-0.39, 0.29) is 23.0 Å². The fraction of sp³-hybridized carbons (Fsp3) is 0.111. The molecule has 1 heterocycles. The highest BCUT2D eigenvalue weighted by Gasteiger charge is 2.14. The van der Waals surface area contributed by atoms with Gasteiger partial charge >= 0.3 is 0 Å². The lowest BCUT2D eigenvalue weighted by atomic mass is 10.1. The molecule has 0 bridgehead atoms. The summed E-state index contributed by atoms with van der Waals surface area (Å²) in [7, 11) is -3.29. The maximum Gasteiger partial charge on any atom is 0.228 e. The summed E-state index contributed by atoms with van der Waals surface area (Å²) in [5, 5.41) is 2.84. The van der Waals surface area contributed by atoms with Gasteiger partial charge in [0, 0.05) is 35.8 Å². The Kier molecular flexibility index (Phi) is 7.22. The Morgan fingerprint density at radius 2 is 1.71 bits per heavy atom. The van der Waals surface area contributed by atoms with Crippen molar-refractivity contribution < 1.29 is 22.3 Å². The first-order valence-electron chi connectivity index (χ1n) is 10.9. The van der Waals surface area contributed by atoms with Crippen LogP contribution in [0.1, 0.15) is 12.5 Å². The van der Waals surface area contributed by atoms with Gasteiger partial charge in [-0.05, 0) is 59.7 Å². The van der Waals surface area contributed by atoms with Gasteiger partial charge in [-0.2, -0.15) is 0 Å². The molecule has 0 aliphatic carbocycles. The van der Waals surface area contributed by atoms with Crippen LogP contribution < -0.4 is 10.1 Å².